The van der Waals surface area contributed by atoms with Crippen LogP contribution in [0, 0.1) is 23.1 Å². The van der Waals surface area contributed by atoms with Gasteiger partial charge in [-0.2, -0.15) is 5.26 Å². The molecule has 3 N–H and O–H groups in total. The molecule has 58 heavy (non-hydrogen) atoms. The fourth-order valence-electron chi connectivity index (χ4n) is 9.99. The number of fused-ring (bicyclic) bond motifs is 2. The number of benzene rings is 3. The first-order valence-electron chi connectivity index (χ1n) is 20.7. The molecule has 11 nitrogen and oxygen atoms in total. The van der Waals surface area contributed by atoms with Crippen molar-refractivity contribution < 1.29 is 18.8 Å². The van der Waals surface area contributed by atoms with E-state index in [1.807, 2.05) is 30.3 Å². The lowest BCUT2D eigenvalue weighted by Gasteiger charge is -2.38. The Labute approximate surface area is 342 Å². The average Bonchev–Trinajstić information content (AvgIpc) is 3.88. The number of anilines is 2. The molecule has 0 atom stereocenters. The number of rotatable bonds is 8. The van der Waals surface area contributed by atoms with Gasteiger partial charge < -0.3 is 24.7 Å². The molecule has 1 saturated carbocycles. The van der Waals surface area contributed by atoms with Gasteiger partial charge in [0.2, 0.25) is 5.91 Å². The maximum Gasteiger partial charge on any atom is 0.328 e. The smallest absolute Gasteiger partial charge is 0.328 e. The lowest BCUT2D eigenvalue weighted by molar-refractivity contribution is -0.120. The second-order valence-corrected chi connectivity index (χ2v) is 16.9. The summed E-state index contributed by atoms with van der Waals surface area (Å²) in [5.74, 6) is -0.223. The van der Waals surface area contributed by atoms with Gasteiger partial charge in [0, 0.05) is 86.6 Å². The van der Waals surface area contributed by atoms with Gasteiger partial charge in [0.1, 0.15) is 11.9 Å². The summed E-state index contributed by atoms with van der Waals surface area (Å²) in [5, 5.41) is 17.4. The molecule has 2 aromatic heterocycles. The first-order chi connectivity index (χ1) is 28.2. The molecule has 9 rings (SSSR count). The second-order valence-electron chi connectivity index (χ2n) is 16.5. The van der Waals surface area contributed by atoms with Crippen molar-refractivity contribution in [3.63, 3.8) is 0 Å². The van der Waals surface area contributed by atoms with E-state index in [0.29, 0.717) is 35.5 Å². The minimum absolute atomic E-state index is 0.0269. The Morgan fingerprint density at radius 2 is 1.72 bits per heavy atom. The van der Waals surface area contributed by atoms with E-state index in [9.17, 15) is 19.6 Å². The number of hydrogen-bond donors (Lipinski definition) is 3. The minimum Gasteiger partial charge on any atom is -0.371 e. The molecule has 4 fully saturated rings. The highest BCUT2D eigenvalue weighted by atomic mass is 35.5. The highest BCUT2D eigenvalue weighted by molar-refractivity contribution is 6.36. The number of likely N-dealkylation sites (tertiary alicyclic amines) is 1. The predicted octanol–water partition coefficient (Wildman–Crippen LogP) is 8.24. The van der Waals surface area contributed by atoms with Crippen LogP contribution in [0.2, 0.25) is 5.02 Å². The normalized spacial score (nSPS) is 21.4. The Kier molecular flexibility index (Phi) is 10.6. The Hall–Kier alpha value is -5.38. The molecule has 3 aromatic carbocycles. The van der Waals surface area contributed by atoms with Crippen LogP contribution in [0.25, 0.3) is 21.8 Å². The number of urea groups is 1. The van der Waals surface area contributed by atoms with Crippen molar-refractivity contribution in [2.24, 2.45) is 5.92 Å². The molecule has 5 heterocycles. The van der Waals surface area contributed by atoms with Crippen LogP contribution in [0.4, 0.5) is 20.6 Å². The Morgan fingerprint density at radius 3 is 2.47 bits per heavy atom. The summed E-state index contributed by atoms with van der Waals surface area (Å²) in [6, 6.07) is 19.3. The molecule has 3 saturated heterocycles. The topological polar surface area (TPSA) is 130 Å². The number of nitrogens with zero attached hydrogens (tertiary/aromatic N) is 5. The molecule has 4 aliphatic rings. The molecule has 0 bridgehead atoms. The van der Waals surface area contributed by atoms with Gasteiger partial charge in [-0.15, -0.1) is 0 Å². The van der Waals surface area contributed by atoms with E-state index >= 15 is 4.39 Å². The number of amides is 4. The van der Waals surface area contributed by atoms with E-state index in [1.54, 1.807) is 17.2 Å². The largest absolute Gasteiger partial charge is 0.371 e. The highest BCUT2D eigenvalue weighted by Gasteiger charge is 2.30. The van der Waals surface area contributed by atoms with Crippen molar-refractivity contribution in [2.75, 3.05) is 49.1 Å². The number of piperidine rings is 2. The number of carbonyl (C=O) groups excluding carboxylic acids is 3. The lowest BCUT2D eigenvalue weighted by Crippen LogP contribution is -2.49. The van der Waals surface area contributed by atoms with Gasteiger partial charge in [0.15, 0.2) is 0 Å². The van der Waals surface area contributed by atoms with E-state index in [1.165, 1.54) is 6.07 Å². The molecule has 300 valence electrons. The van der Waals surface area contributed by atoms with Crippen molar-refractivity contribution in [2.45, 2.75) is 75.8 Å². The Balaban J connectivity index is 0.735. The van der Waals surface area contributed by atoms with Gasteiger partial charge >= 0.3 is 6.03 Å². The number of imide groups is 1. The van der Waals surface area contributed by atoms with E-state index in [4.69, 9.17) is 11.6 Å². The van der Waals surface area contributed by atoms with Crippen LogP contribution in [-0.4, -0.2) is 77.6 Å². The zero-order valence-electron chi connectivity index (χ0n) is 32.5. The van der Waals surface area contributed by atoms with E-state index in [0.717, 1.165) is 123 Å². The molecule has 0 unspecified atom stereocenters. The third kappa shape index (κ3) is 7.42. The van der Waals surface area contributed by atoms with E-state index in [2.05, 4.69) is 54.4 Å². The standard InChI is InChI=1S/C45H48ClFN8O3/c46-37-11-10-34(43-42(37)30(25-48)26-49-43)29-4-6-31(7-5-29)50-44(57)35-9-8-33(24-38(35)47)53-20-12-28(13-21-53)27-52-18-14-32(15-19-52)54-22-16-36-39(54)2-1-3-40(36)55-23-17-41(56)51-45(55)58/h1-3,8-11,16,22,24,26,28-29,31-32,49H,4-7,12-15,17-21,23,27H2,(H,50,57)(H,51,56,58). The second kappa shape index (κ2) is 16.1. The van der Waals surface area contributed by atoms with Crippen LogP contribution in [-0.2, 0) is 4.79 Å². The lowest BCUT2D eigenvalue weighted by atomic mass is 9.81. The molecule has 1 aliphatic carbocycles. The quantitative estimate of drug-likeness (QED) is 0.145. The van der Waals surface area contributed by atoms with Crippen molar-refractivity contribution in [3.8, 4) is 6.07 Å². The van der Waals surface area contributed by atoms with Crippen LogP contribution >= 0.6 is 11.6 Å². The summed E-state index contributed by atoms with van der Waals surface area (Å²) in [5.41, 5.74) is 5.45. The maximum atomic E-state index is 15.5. The first-order valence-corrected chi connectivity index (χ1v) is 21.1. The number of halogens is 2. The third-order valence-corrected chi connectivity index (χ3v) is 13.5. The van der Waals surface area contributed by atoms with Gasteiger partial charge in [-0.1, -0.05) is 23.7 Å². The van der Waals surface area contributed by atoms with Gasteiger partial charge in [-0.3, -0.25) is 19.8 Å². The minimum atomic E-state index is -0.488. The Bertz CT molecular complexity index is 2410. The molecule has 5 aromatic rings. The van der Waals surface area contributed by atoms with Gasteiger partial charge in [0.05, 0.1) is 32.9 Å². The monoisotopic (exact) mass is 802 g/mol. The average molecular weight is 803 g/mol. The summed E-state index contributed by atoms with van der Waals surface area (Å²) in [7, 11) is 0. The summed E-state index contributed by atoms with van der Waals surface area (Å²) in [4.78, 5) is 47.3. The SMILES string of the molecule is N#Cc1c[nH]c2c(C3CCC(NC(=O)c4ccc(N5CCC(CN6CCC(n7ccc8c(N9CCC(=O)NC9=O)cccc87)CC6)CC5)cc4F)CC3)ccc(Cl)c12. The van der Waals surface area contributed by atoms with Crippen LogP contribution in [0.15, 0.2) is 67.0 Å². The van der Waals surface area contributed by atoms with Gasteiger partial charge in [-0.25, -0.2) is 9.18 Å². The molecule has 3 aliphatic heterocycles. The fraction of sp³-hybridized carbons (Fsp3) is 0.422. The van der Waals surface area contributed by atoms with Crippen molar-refractivity contribution in [1.82, 2.24) is 25.1 Å². The summed E-state index contributed by atoms with van der Waals surface area (Å²) in [6.45, 7) is 5.22. The fourth-order valence-corrected chi connectivity index (χ4v) is 10.3. The first kappa shape index (κ1) is 38.2. The van der Waals surface area contributed by atoms with E-state index < -0.39 is 5.82 Å². The number of H-pyrrole nitrogens is 1. The summed E-state index contributed by atoms with van der Waals surface area (Å²) in [6.07, 6.45) is 11.7. The zero-order chi connectivity index (χ0) is 39.9. The molecule has 0 spiro atoms. The zero-order valence-corrected chi connectivity index (χ0v) is 33.2. The van der Waals surface area contributed by atoms with Crippen molar-refractivity contribution >= 4 is 62.6 Å². The molecule has 4 amide bonds. The number of aromatic nitrogens is 2. The van der Waals surface area contributed by atoms with E-state index in [-0.39, 0.29) is 35.4 Å². The van der Waals surface area contributed by atoms with Crippen LogP contribution < -0.4 is 20.4 Å². The highest BCUT2D eigenvalue weighted by Crippen LogP contribution is 2.40. The number of carbonyl (C=O) groups is 3. The molecule has 0 radical (unpaired) electrons. The third-order valence-electron chi connectivity index (χ3n) is 13.2. The van der Waals surface area contributed by atoms with Crippen molar-refractivity contribution in [1.29, 1.82) is 5.26 Å². The van der Waals surface area contributed by atoms with Crippen LogP contribution in [0.1, 0.15) is 91.2 Å². The number of hydrogen-bond acceptors (Lipinski definition) is 6. The van der Waals surface area contributed by atoms with Crippen LogP contribution in [0.5, 0.6) is 0 Å². The van der Waals surface area contributed by atoms with Crippen molar-refractivity contribution in [3.05, 3.63) is 94.5 Å². The van der Waals surface area contributed by atoms with Gasteiger partial charge in [-0.05, 0) is 111 Å². The number of aromatic amines is 1. The Morgan fingerprint density at radius 1 is 0.931 bits per heavy atom. The number of nitriles is 1. The molecular weight excluding hydrogens is 755 g/mol. The molecular formula is C45H48ClFN8O3. The van der Waals surface area contributed by atoms with Gasteiger partial charge in [0.25, 0.3) is 5.91 Å². The number of nitrogens with one attached hydrogen (secondary N) is 3. The van der Waals surface area contributed by atoms with Crippen LogP contribution in [0.3, 0.4) is 0 Å². The molecule has 13 heteroatoms. The summed E-state index contributed by atoms with van der Waals surface area (Å²) >= 11 is 6.42. The predicted molar refractivity (Wildman–Crippen MR) is 224 cm³/mol. The summed E-state index contributed by atoms with van der Waals surface area (Å²) < 4.78 is 17.8. The maximum absolute atomic E-state index is 15.5.